The highest BCUT2D eigenvalue weighted by molar-refractivity contribution is 5.85. The summed E-state index contributed by atoms with van der Waals surface area (Å²) in [5.41, 5.74) is 1.76. The Morgan fingerprint density at radius 2 is 2.29 bits per heavy atom. The smallest absolute Gasteiger partial charge is 0.215 e. The van der Waals surface area contributed by atoms with Crippen LogP contribution in [0.3, 0.4) is 0 Å². The molecule has 0 aliphatic rings. The van der Waals surface area contributed by atoms with Crippen LogP contribution in [0, 0.1) is 11.3 Å². The summed E-state index contributed by atoms with van der Waals surface area (Å²) in [5, 5.41) is 8.98. The average Bonchev–Trinajstić information content (AvgIpc) is 2.56. The van der Waals surface area contributed by atoms with Crippen LogP contribution in [0.4, 0.5) is 5.88 Å². The summed E-state index contributed by atoms with van der Waals surface area (Å²) in [6.07, 6.45) is 1.65. The van der Waals surface area contributed by atoms with Gasteiger partial charge in [0.25, 0.3) is 0 Å². The Morgan fingerprint density at radius 3 is 2.93 bits per heavy atom. The summed E-state index contributed by atoms with van der Waals surface area (Å²) in [5.74, 6) is 0.557. The molecule has 0 bridgehead atoms. The van der Waals surface area contributed by atoms with Crippen molar-refractivity contribution in [3.63, 3.8) is 0 Å². The fourth-order valence-corrected chi connectivity index (χ4v) is 1.33. The molecule has 0 atom stereocenters. The minimum absolute atomic E-state index is 0.491. The molecule has 0 saturated carbocycles. The predicted molar refractivity (Wildman–Crippen MR) is 53.1 cm³/mol. The monoisotopic (exact) mass is 187 g/mol. The van der Waals surface area contributed by atoms with Crippen molar-refractivity contribution < 1.29 is 4.42 Å². The Balaban J connectivity index is 2.81. The van der Waals surface area contributed by atoms with Crippen molar-refractivity contribution in [1.29, 1.82) is 5.26 Å². The zero-order valence-electron chi connectivity index (χ0n) is 7.98. The van der Waals surface area contributed by atoms with Crippen molar-refractivity contribution in [2.45, 2.75) is 0 Å². The van der Waals surface area contributed by atoms with Gasteiger partial charge in [-0.15, -0.1) is 0 Å². The molecular formula is C10H9N3O. The number of pyridine rings is 1. The van der Waals surface area contributed by atoms with Crippen molar-refractivity contribution in [1.82, 2.24) is 4.98 Å². The van der Waals surface area contributed by atoms with E-state index in [4.69, 9.17) is 9.68 Å². The predicted octanol–water partition coefficient (Wildman–Crippen LogP) is 1.77. The van der Waals surface area contributed by atoms with Crippen molar-refractivity contribution in [2.24, 2.45) is 0 Å². The van der Waals surface area contributed by atoms with E-state index < -0.39 is 0 Å². The fraction of sp³-hybridized carbons (Fsp3) is 0.200. The topological polar surface area (TPSA) is 53.1 Å². The van der Waals surface area contributed by atoms with Crippen LogP contribution in [0.1, 0.15) is 5.56 Å². The van der Waals surface area contributed by atoms with E-state index in [0.717, 1.165) is 0 Å². The van der Waals surface area contributed by atoms with Crippen LogP contribution in [-0.4, -0.2) is 19.1 Å². The van der Waals surface area contributed by atoms with Gasteiger partial charge in [0.1, 0.15) is 17.1 Å². The summed E-state index contributed by atoms with van der Waals surface area (Å²) in [6, 6.07) is 5.69. The van der Waals surface area contributed by atoms with Gasteiger partial charge < -0.3 is 9.32 Å². The lowest BCUT2D eigenvalue weighted by Crippen LogP contribution is -2.08. The zero-order valence-corrected chi connectivity index (χ0v) is 7.98. The first-order valence-electron chi connectivity index (χ1n) is 4.19. The third-order valence-electron chi connectivity index (χ3n) is 1.95. The Labute approximate surface area is 81.4 Å². The van der Waals surface area contributed by atoms with E-state index in [2.05, 4.69) is 11.1 Å². The molecule has 0 radical (unpaired) electrons. The maximum Gasteiger partial charge on any atom is 0.215 e. The highest BCUT2D eigenvalue weighted by atomic mass is 16.4. The van der Waals surface area contributed by atoms with E-state index in [-0.39, 0.29) is 0 Å². The van der Waals surface area contributed by atoms with Gasteiger partial charge in [0.15, 0.2) is 5.58 Å². The van der Waals surface area contributed by atoms with E-state index >= 15 is 0 Å². The van der Waals surface area contributed by atoms with Gasteiger partial charge >= 0.3 is 0 Å². The minimum Gasteiger partial charge on any atom is -0.437 e. The number of nitrogens with zero attached hydrogens (tertiary/aromatic N) is 3. The summed E-state index contributed by atoms with van der Waals surface area (Å²) < 4.78 is 5.49. The first-order chi connectivity index (χ1) is 6.74. The van der Waals surface area contributed by atoms with Gasteiger partial charge in [0.05, 0.1) is 0 Å². The van der Waals surface area contributed by atoms with Crippen LogP contribution in [0.25, 0.3) is 11.1 Å². The van der Waals surface area contributed by atoms with E-state index in [0.29, 0.717) is 22.5 Å². The molecule has 0 amide bonds. The third kappa shape index (κ3) is 1.11. The SMILES string of the molecule is CN(C)c1oc2cccnc2c1C#N. The lowest BCUT2D eigenvalue weighted by Gasteiger charge is -2.06. The third-order valence-corrected chi connectivity index (χ3v) is 1.95. The van der Waals surface area contributed by atoms with Crippen molar-refractivity contribution in [3.05, 3.63) is 23.9 Å². The van der Waals surface area contributed by atoms with Crippen molar-refractivity contribution in [3.8, 4) is 6.07 Å². The Kier molecular flexibility index (Phi) is 1.86. The second-order valence-electron chi connectivity index (χ2n) is 3.14. The lowest BCUT2D eigenvalue weighted by molar-refractivity contribution is 0.608. The van der Waals surface area contributed by atoms with Gasteiger partial charge in [0, 0.05) is 20.3 Å². The molecule has 0 unspecified atom stereocenters. The Morgan fingerprint density at radius 1 is 1.50 bits per heavy atom. The van der Waals surface area contributed by atoms with E-state index in [9.17, 15) is 0 Å². The average molecular weight is 187 g/mol. The number of furan rings is 1. The number of nitriles is 1. The molecule has 70 valence electrons. The molecule has 2 rings (SSSR count). The largest absolute Gasteiger partial charge is 0.437 e. The molecule has 4 nitrogen and oxygen atoms in total. The van der Waals surface area contributed by atoms with E-state index in [1.165, 1.54) is 0 Å². The van der Waals surface area contributed by atoms with E-state index in [1.807, 2.05) is 14.1 Å². The normalized spacial score (nSPS) is 10.1. The molecule has 14 heavy (non-hydrogen) atoms. The summed E-state index contributed by atoms with van der Waals surface area (Å²) >= 11 is 0. The Bertz CT molecular complexity index is 508. The minimum atomic E-state index is 0.491. The van der Waals surface area contributed by atoms with Crippen LogP contribution in [0.15, 0.2) is 22.7 Å². The molecule has 0 aromatic carbocycles. The highest BCUT2D eigenvalue weighted by Crippen LogP contribution is 2.28. The highest BCUT2D eigenvalue weighted by Gasteiger charge is 2.15. The zero-order chi connectivity index (χ0) is 10.1. The van der Waals surface area contributed by atoms with E-state index in [1.54, 1.807) is 23.2 Å². The molecule has 0 aliphatic carbocycles. The summed E-state index contributed by atoms with van der Waals surface area (Å²) in [4.78, 5) is 5.88. The standard InChI is InChI=1S/C10H9N3O/c1-13(2)10-7(6-11)9-8(14-10)4-3-5-12-9/h3-5H,1-2H3. The quantitative estimate of drug-likeness (QED) is 0.682. The van der Waals surface area contributed by atoms with Crippen LogP contribution < -0.4 is 4.90 Å². The second kappa shape index (κ2) is 3.04. The maximum atomic E-state index is 8.98. The molecule has 2 heterocycles. The summed E-state index contributed by atoms with van der Waals surface area (Å²) in [7, 11) is 3.66. The number of aromatic nitrogens is 1. The number of hydrogen-bond donors (Lipinski definition) is 0. The summed E-state index contributed by atoms with van der Waals surface area (Å²) in [6.45, 7) is 0. The molecule has 0 spiro atoms. The van der Waals surface area contributed by atoms with Gasteiger partial charge in [0.2, 0.25) is 5.88 Å². The first-order valence-corrected chi connectivity index (χ1v) is 4.19. The molecule has 4 heteroatoms. The van der Waals surface area contributed by atoms with Crippen LogP contribution in [-0.2, 0) is 0 Å². The number of rotatable bonds is 1. The lowest BCUT2D eigenvalue weighted by atomic mass is 10.2. The molecule has 2 aromatic heterocycles. The molecule has 0 fully saturated rings. The molecule has 2 aromatic rings. The molecular weight excluding hydrogens is 178 g/mol. The number of hydrogen-bond acceptors (Lipinski definition) is 4. The van der Waals surface area contributed by atoms with Gasteiger partial charge in [-0.3, -0.25) is 4.98 Å². The van der Waals surface area contributed by atoms with Crippen LogP contribution in [0.5, 0.6) is 0 Å². The van der Waals surface area contributed by atoms with Gasteiger partial charge in [-0.2, -0.15) is 5.26 Å². The number of anilines is 1. The molecule has 0 saturated heterocycles. The van der Waals surface area contributed by atoms with Gasteiger partial charge in [-0.25, -0.2) is 0 Å². The van der Waals surface area contributed by atoms with Crippen LogP contribution in [0.2, 0.25) is 0 Å². The molecule has 0 aliphatic heterocycles. The van der Waals surface area contributed by atoms with Crippen molar-refractivity contribution in [2.75, 3.05) is 19.0 Å². The first kappa shape index (κ1) is 8.57. The van der Waals surface area contributed by atoms with Gasteiger partial charge in [-0.05, 0) is 12.1 Å². The maximum absolute atomic E-state index is 8.98. The second-order valence-corrected chi connectivity index (χ2v) is 3.14. The molecule has 0 N–H and O–H groups in total. The fourth-order valence-electron chi connectivity index (χ4n) is 1.33. The Hall–Kier alpha value is -2.02. The van der Waals surface area contributed by atoms with Crippen molar-refractivity contribution >= 4 is 17.0 Å². The van der Waals surface area contributed by atoms with Gasteiger partial charge in [-0.1, -0.05) is 0 Å². The van der Waals surface area contributed by atoms with Crippen LogP contribution >= 0.6 is 0 Å². The number of fused-ring (bicyclic) bond motifs is 1.